The second-order valence-electron chi connectivity index (χ2n) is 4.66. The van der Waals surface area contributed by atoms with E-state index in [4.69, 9.17) is 22.5 Å². The Hall–Kier alpha value is -2.34. The maximum absolute atomic E-state index is 8.75. The zero-order chi connectivity index (χ0) is 15.4. The van der Waals surface area contributed by atoms with Gasteiger partial charge in [-0.3, -0.25) is 0 Å². The van der Waals surface area contributed by atoms with Gasteiger partial charge < -0.3 is 15.8 Å². The van der Waals surface area contributed by atoms with E-state index < -0.39 is 0 Å². The fourth-order valence-corrected chi connectivity index (χ4v) is 1.97. The minimum atomic E-state index is -0.0401. The summed E-state index contributed by atoms with van der Waals surface area (Å²) in [7, 11) is 1.87. The highest BCUT2D eigenvalue weighted by Gasteiger charge is 2.10. The third-order valence-electron chi connectivity index (χ3n) is 2.89. The zero-order valence-corrected chi connectivity index (χ0v) is 12.5. The Bertz CT molecular complexity index is 657. The Morgan fingerprint density at radius 2 is 2.00 bits per heavy atom. The Morgan fingerprint density at radius 3 is 2.62 bits per heavy atom. The highest BCUT2D eigenvalue weighted by Crippen LogP contribution is 2.14. The first kappa shape index (κ1) is 15.1. The van der Waals surface area contributed by atoms with E-state index in [2.05, 4.69) is 15.1 Å². The summed E-state index contributed by atoms with van der Waals surface area (Å²) >= 11 is 5.87. The van der Waals surface area contributed by atoms with Crippen LogP contribution in [0.2, 0.25) is 5.02 Å². The van der Waals surface area contributed by atoms with Gasteiger partial charge in [0.1, 0.15) is 5.69 Å². The van der Waals surface area contributed by atoms with Crippen molar-refractivity contribution in [3.8, 4) is 0 Å². The van der Waals surface area contributed by atoms with E-state index in [0.717, 1.165) is 11.3 Å². The van der Waals surface area contributed by atoms with Crippen LogP contribution in [0, 0.1) is 6.92 Å². The van der Waals surface area contributed by atoms with Crippen LogP contribution in [-0.4, -0.2) is 28.1 Å². The second-order valence-corrected chi connectivity index (χ2v) is 5.10. The minimum absolute atomic E-state index is 0.0401. The summed E-state index contributed by atoms with van der Waals surface area (Å²) in [6, 6.07) is 9.22. The number of oxime groups is 1. The van der Waals surface area contributed by atoms with Crippen LogP contribution in [0.5, 0.6) is 0 Å². The van der Waals surface area contributed by atoms with Crippen LogP contribution in [0.3, 0.4) is 0 Å². The summed E-state index contributed by atoms with van der Waals surface area (Å²) in [6.45, 7) is 2.45. The molecule has 1 aromatic carbocycles. The monoisotopic (exact) mass is 305 g/mol. The number of aryl methyl sites for hydroxylation is 1. The summed E-state index contributed by atoms with van der Waals surface area (Å²) in [5.41, 5.74) is 7.79. The number of rotatable bonds is 4. The Morgan fingerprint density at radius 1 is 1.33 bits per heavy atom. The first-order chi connectivity index (χ1) is 9.99. The van der Waals surface area contributed by atoms with Gasteiger partial charge in [-0.05, 0) is 30.7 Å². The van der Waals surface area contributed by atoms with Gasteiger partial charge in [0.15, 0.2) is 5.84 Å². The fourth-order valence-electron chi connectivity index (χ4n) is 1.84. The lowest BCUT2D eigenvalue weighted by Gasteiger charge is -2.18. The lowest BCUT2D eigenvalue weighted by Crippen LogP contribution is -2.22. The lowest BCUT2D eigenvalue weighted by molar-refractivity contribution is 0.318. The highest BCUT2D eigenvalue weighted by molar-refractivity contribution is 6.30. The second kappa shape index (κ2) is 6.41. The number of nitrogens with two attached hydrogens (primary N) is 1. The molecule has 0 aliphatic heterocycles. The molecular formula is C14H16ClN5O. The van der Waals surface area contributed by atoms with Gasteiger partial charge in [0.2, 0.25) is 5.95 Å². The van der Waals surface area contributed by atoms with Crippen LogP contribution < -0.4 is 10.6 Å². The van der Waals surface area contributed by atoms with Gasteiger partial charge in [-0.2, -0.15) is 0 Å². The van der Waals surface area contributed by atoms with Gasteiger partial charge >= 0.3 is 0 Å². The molecule has 0 bridgehead atoms. The van der Waals surface area contributed by atoms with E-state index in [1.165, 1.54) is 0 Å². The van der Waals surface area contributed by atoms with E-state index in [0.29, 0.717) is 23.2 Å². The van der Waals surface area contributed by atoms with Crippen molar-refractivity contribution in [2.75, 3.05) is 11.9 Å². The summed E-state index contributed by atoms with van der Waals surface area (Å²) in [4.78, 5) is 10.5. The van der Waals surface area contributed by atoms with Crippen molar-refractivity contribution in [1.82, 2.24) is 9.97 Å². The van der Waals surface area contributed by atoms with Crippen molar-refractivity contribution >= 4 is 23.4 Å². The fraction of sp³-hybridized carbons (Fsp3) is 0.214. The van der Waals surface area contributed by atoms with Crippen molar-refractivity contribution < 1.29 is 5.21 Å². The average molecular weight is 306 g/mol. The number of halogens is 1. The van der Waals surface area contributed by atoms with Crippen molar-refractivity contribution in [2.45, 2.75) is 13.5 Å². The topological polar surface area (TPSA) is 87.6 Å². The van der Waals surface area contributed by atoms with E-state index in [1.807, 2.05) is 43.1 Å². The number of aromatic nitrogens is 2. The number of benzene rings is 1. The standard InChI is InChI=1S/C14H16ClN5O/c1-9-7-12(13(16)19-21)18-14(17-9)20(2)8-10-3-5-11(15)6-4-10/h3-7,21H,8H2,1-2H3,(H2,16,19). The van der Waals surface area contributed by atoms with Crippen LogP contribution in [0.1, 0.15) is 17.0 Å². The van der Waals surface area contributed by atoms with Crippen molar-refractivity contribution in [3.63, 3.8) is 0 Å². The molecule has 1 heterocycles. The first-order valence-corrected chi connectivity index (χ1v) is 6.66. The minimum Gasteiger partial charge on any atom is -0.409 e. The van der Waals surface area contributed by atoms with Crippen LogP contribution in [0.15, 0.2) is 35.5 Å². The molecule has 7 heteroatoms. The van der Waals surface area contributed by atoms with Gasteiger partial charge in [-0.15, -0.1) is 0 Å². The molecule has 2 aromatic rings. The molecule has 0 amide bonds. The molecule has 0 saturated heterocycles. The van der Waals surface area contributed by atoms with Crippen LogP contribution in [0.25, 0.3) is 0 Å². The molecule has 0 radical (unpaired) electrons. The summed E-state index contributed by atoms with van der Waals surface area (Å²) in [5, 5.41) is 12.4. The van der Waals surface area contributed by atoms with Crippen LogP contribution >= 0.6 is 11.6 Å². The molecule has 0 atom stereocenters. The molecule has 0 aliphatic carbocycles. The smallest absolute Gasteiger partial charge is 0.226 e. The summed E-state index contributed by atoms with van der Waals surface area (Å²) in [5.74, 6) is 0.466. The average Bonchev–Trinajstić information content (AvgIpc) is 2.48. The van der Waals surface area contributed by atoms with Crippen molar-refractivity contribution in [3.05, 3.63) is 52.3 Å². The maximum Gasteiger partial charge on any atom is 0.226 e. The Balaban J connectivity index is 2.24. The number of hydrogen-bond acceptors (Lipinski definition) is 5. The van der Waals surface area contributed by atoms with Crippen molar-refractivity contribution in [1.29, 1.82) is 0 Å². The highest BCUT2D eigenvalue weighted by atomic mass is 35.5. The molecule has 0 unspecified atom stereocenters. The molecule has 0 saturated carbocycles. The number of amidine groups is 1. The molecule has 6 nitrogen and oxygen atoms in total. The van der Waals surface area contributed by atoms with Crippen LogP contribution in [-0.2, 0) is 6.54 Å². The molecule has 1 aromatic heterocycles. The predicted octanol–water partition coefficient (Wildman–Crippen LogP) is 2.17. The molecule has 3 N–H and O–H groups in total. The predicted molar refractivity (Wildman–Crippen MR) is 82.8 cm³/mol. The van der Waals surface area contributed by atoms with E-state index in [1.54, 1.807) is 6.07 Å². The summed E-state index contributed by atoms with van der Waals surface area (Å²) < 4.78 is 0. The molecule has 0 fully saturated rings. The van der Waals surface area contributed by atoms with E-state index >= 15 is 0 Å². The molecule has 21 heavy (non-hydrogen) atoms. The van der Waals surface area contributed by atoms with Gasteiger partial charge in [0.25, 0.3) is 0 Å². The molecule has 2 rings (SSSR count). The van der Waals surface area contributed by atoms with Gasteiger partial charge in [0.05, 0.1) is 0 Å². The van der Waals surface area contributed by atoms with Gasteiger partial charge in [-0.1, -0.05) is 28.9 Å². The summed E-state index contributed by atoms with van der Waals surface area (Å²) in [6.07, 6.45) is 0. The normalized spacial score (nSPS) is 11.5. The van der Waals surface area contributed by atoms with E-state index in [9.17, 15) is 0 Å². The SMILES string of the molecule is Cc1cc(/C(N)=N/O)nc(N(C)Cc2ccc(Cl)cc2)n1. The zero-order valence-electron chi connectivity index (χ0n) is 11.8. The van der Waals surface area contributed by atoms with Gasteiger partial charge in [0, 0.05) is 24.3 Å². The van der Waals surface area contributed by atoms with Crippen LogP contribution in [0.4, 0.5) is 5.95 Å². The molecular weight excluding hydrogens is 290 g/mol. The number of hydrogen-bond donors (Lipinski definition) is 2. The van der Waals surface area contributed by atoms with Gasteiger partial charge in [-0.25, -0.2) is 9.97 Å². The van der Waals surface area contributed by atoms with E-state index in [-0.39, 0.29) is 5.84 Å². The number of nitrogens with zero attached hydrogens (tertiary/aromatic N) is 4. The van der Waals surface area contributed by atoms with Crippen molar-refractivity contribution in [2.24, 2.45) is 10.9 Å². The number of anilines is 1. The quantitative estimate of drug-likeness (QED) is 0.391. The third kappa shape index (κ3) is 3.82. The Kier molecular flexibility index (Phi) is 4.59. The molecule has 0 aliphatic rings. The molecule has 110 valence electrons. The lowest BCUT2D eigenvalue weighted by atomic mass is 10.2. The molecule has 0 spiro atoms. The Labute approximate surface area is 127 Å². The largest absolute Gasteiger partial charge is 0.409 e. The first-order valence-electron chi connectivity index (χ1n) is 6.29. The third-order valence-corrected chi connectivity index (χ3v) is 3.14. The maximum atomic E-state index is 8.75.